The smallest absolute Gasteiger partial charge is 0.256 e. The number of aromatic nitrogens is 2. The molecule has 4 nitrogen and oxygen atoms in total. The van der Waals surface area contributed by atoms with Crippen LogP contribution in [0.3, 0.4) is 0 Å². The molecule has 0 spiro atoms. The first kappa shape index (κ1) is 16.3. The van der Waals surface area contributed by atoms with E-state index in [4.69, 9.17) is 11.6 Å². The number of hydrogen-bond donors (Lipinski definition) is 2. The number of benzene rings is 2. The van der Waals surface area contributed by atoms with Gasteiger partial charge >= 0.3 is 0 Å². The van der Waals surface area contributed by atoms with Gasteiger partial charge in [-0.15, -0.1) is 0 Å². The number of aromatic amines is 1. The van der Waals surface area contributed by atoms with E-state index in [1.807, 2.05) is 56.3 Å². The van der Waals surface area contributed by atoms with E-state index in [9.17, 15) is 4.79 Å². The molecule has 24 heavy (non-hydrogen) atoms. The summed E-state index contributed by atoms with van der Waals surface area (Å²) in [5.41, 5.74) is 4.20. The van der Waals surface area contributed by atoms with Crippen molar-refractivity contribution in [1.82, 2.24) is 9.97 Å². The third-order valence-electron chi connectivity index (χ3n) is 3.89. The highest BCUT2D eigenvalue weighted by Crippen LogP contribution is 2.22. The van der Waals surface area contributed by atoms with Crippen molar-refractivity contribution in [3.8, 4) is 0 Å². The van der Waals surface area contributed by atoms with Crippen LogP contribution in [0, 0.1) is 13.8 Å². The topological polar surface area (TPSA) is 57.8 Å². The van der Waals surface area contributed by atoms with Crippen molar-refractivity contribution in [1.29, 1.82) is 0 Å². The summed E-state index contributed by atoms with van der Waals surface area (Å²) < 4.78 is 0. The van der Waals surface area contributed by atoms with E-state index in [1.54, 1.807) is 6.07 Å². The largest absolute Gasteiger partial charge is 0.325 e. The Hall–Kier alpha value is -2.59. The van der Waals surface area contributed by atoms with Crippen LogP contribution in [0.1, 0.15) is 22.4 Å². The summed E-state index contributed by atoms with van der Waals surface area (Å²) in [5.74, 6) is 0.430. The van der Waals surface area contributed by atoms with E-state index in [0.29, 0.717) is 23.0 Å². The summed E-state index contributed by atoms with van der Waals surface area (Å²) in [6.45, 7) is 3.80. The molecule has 0 aliphatic carbocycles. The summed E-state index contributed by atoms with van der Waals surface area (Å²) in [7, 11) is 0. The summed E-state index contributed by atoms with van der Waals surface area (Å²) in [6, 6.07) is 15.4. The molecule has 0 amide bonds. The molecule has 1 heterocycles. The molecule has 2 N–H and O–H groups in total. The molecule has 0 fully saturated rings. The van der Waals surface area contributed by atoms with Crippen LogP contribution in [-0.4, -0.2) is 9.97 Å². The Kier molecular flexibility index (Phi) is 4.67. The highest BCUT2D eigenvalue weighted by Gasteiger charge is 2.10. The third kappa shape index (κ3) is 3.66. The summed E-state index contributed by atoms with van der Waals surface area (Å²) in [4.78, 5) is 19.7. The minimum atomic E-state index is -0.125. The Morgan fingerprint density at radius 1 is 1.12 bits per heavy atom. The van der Waals surface area contributed by atoms with Crippen LogP contribution >= 0.6 is 11.6 Å². The van der Waals surface area contributed by atoms with E-state index < -0.39 is 0 Å². The van der Waals surface area contributed by atoms with Gasteiger partial charge in [0.1, 0.15) is 0 Å². The molecule has 1 aromatic heterocycles. The van der Waals surface area contributed by atoms with Gasteiger partial charge in [-0.1, -0.05) is 41.9 Å². The number of nitrogens with zero attached hydrogens (tertiary/aromatic N) is 1. The summed E-state index contributed by atoms with van der Waals surface area (Å²) >= 11 is 5.97. The standard InChI is InChI=1S/C19H18ClN3O/c1-12-10-15(20)8-9-17(12)22-19-21-13(2)16(18(24)23-19)11-14-6-4-3-5-7-14/h3-10H,11H2,1-2H3,(H2,21,22,23,24). The van der Waals surface area contributed by atoms with Crippen molar-refractivity contribution in [2.24, 2.45) is 0 Å². The molecule has 3 rings (SSSR count). The number of rotatable bonds is 4. The Morgan fingerprint density at radius 2 is 1.88 bits per heavy atom. The Bertz CT molecular complexity index is 920. The van der Waals surface area contributed by atoms with Gasteiger partial charge in [0.15, 0.2) is 0 Å². The van der Waals surface area contributed by atoms with Gasteiger partial charge in [-0.3, -0.25) is 9.78 Å². The van der Waals surface area contributed by atoms with E-state index in [-0.39, 0.29) is 5.56 Å². The van der Waals surface area contributed by atoms with Gasteiger partial charge in [0.25, 0.3) is 5.56 Å². The molecule has 0 aliphatic heterocycles. The van der Waals surface area contributed by atoms with Gasteiger partial charge in [-0.2, -0.15) is 0 Å². The molecule has 0 atom stereocenters. The zero-order valence-electron chi connectivity index (χ0n) is 13.6. The van der Waals surface area contributed by atoms with Crippen molar-refractivity contribution >= 4 is 23.2 Å². The van der Waals surface area contributed by atoms with Crippen molar-refractivity contribution in [2.45, 2.75) is 20.3 Å². The highest BCUT2D eigenvalue weighted by atomic mass is 35.5. The Morgan fingerprint density at radius 3 is 2.54 bits per heavy atom. The number of H-pyrrole nitrogens is 1. The van der Waals surface area contributed by atoms with Gasteiger partial charge in [0.05, 0.1) is 5.69 Å². The molecule has 5 heteroatoms. The number of hydrogen-bond acceptors (Lipinski definition) is 3. The van der Waals surface area contributed by atoms with Crippen LogP contribution in [0.4, 0.5) is 11.6 Å². The molecular formula is C19H18ClN3O. The van der Waals surface area contributed by atoms with E-state index in [0.717, 1.165) is 22.5 Å². The van der Waals surface area contributed by atoms with Crippen LogP contribution in [0.5, 0.6) is 0 Å². The molecule has 0 saturated heterocycles. The lowest BCUT2D eigenvalue weighted by Gasteiger charge is -2.11. The summed E-state index contributed by atoms with van der Waals surface area (Å²) in [5, 5.41) is 3.82. The lowest BCUT2D eigenvalue weighted by molar-refractivity contribution is 0.985. The Balaban J connectivity index is 1.88. The first-order valence-electron chi connectivity index (χ1n) is 7.70. The number of anilines is 2. The fourth-order valence-electron chi connectivity index (χ4n) is 2.57. The van der Waals surface area contributed by atoms with E-state index in [2.05, 4.69) is 15.3 Å². The van der Waals surface area contributed by atoms with Crippen LogP contribution in [0.25, 0.3) is 0 Å². The first-order chi connectivity index (χ1) is 11.5. The second-order valence-corrected chi connectivity index (χ2v) is 6.16. The Labute approximate surface area is 145 Å². The minimum Gasteiger partial charge on any atom is -0.325 e. The molecule has 3 aromatic rings. The van der Waals surface area contributed by atoms with Crippen LogP contribution in [0.15, 0.2) is 53.3 Å². The molecule has 122 valence electrons. The summed E-state index contributed by atoms with van der Waals surface area (Å²) in [6.07, 6.45) is 0.565. The quantitative estimate of drug-likeness (QED) is 0.741. The molecular weight excluding hydrogens is 322 g/mol. The van der Waals surface area contributed by atoms with Crippen molar-refractivity contribution in [2.75, 3.05) is 5.32 Å². The van der Waals surface area contributed by atoms with E-state index in [1.165, 1.54) is 0 Å². The molecule has 0 radical (unpaired) electrons. The SMILES string of the molecule is Cc1cc(Cl)ccc1Nc1nc(C)c(Cc2ccccc2)c(=O)[nH]1. The second-order valence-electron chi connectivity index (χ2n) is 5.73. The normalized spacial score (nSPS) is 10.6. The maximum Gasteiger partial charge on any atom is 0.256 e. The molecule has 0 bridgehead atoms. The van der Waals surface area contributed by atoms with Gasteiger partial charge in [-0.25, -0.2) is 4.98 Å². The van der Waals surface area contributed by atoms with Gasteiger partial charge < -0.3 is 5.32 Å². The molecule has 0 aliphatic rings. The van der Waals surface area contributed by atoms with Crippen molar-refractivity contribution < 1.29 is 0 Å². The van der Waals surface area contributed by atoms with Gasteiger partial charge in [0, 0.05) is 22.7 Å². The predicted molar refractivity (Wildman–Crippen MR) is 98.3 cm³/mol. The average Bonchev–Trinajstić information content (AvgIpc) is 2.55. The maximum atomic E-state index is 12.4. The number of aryl methyl sites for hydroxylation is 2. The molecule has 0 saturated carbocycles. The maximum absolute atomic E-state index is 12.4. The second kappa shape index (κ2) is 6.89. The molecule has 0 unspecified atom stereocenters. The van der Waals surface area contributed by atoms with Crippen LogP contribution in [0.2, 0.25) is 5.02 Å². The zero-order chi connectivity index (χ0) is 17.1. The minimum absolute atomic E-state index is 0.125. The number of nitrogens with one attached hydrogen (secondary N) is 2. The van der Waals surface area contributed by atoms with Crippen molar-refractivity contribution in [3.63, 3.8) is 0 Å². The fraction of sp³-hybridized carbons (Fsp3) is 0.158. The predicted octanol–water partition coefficient (Wildman–Crippen LogP) is 4.37. The van der Waals surface area contributed by atoms with Crippen LogP contribution in [-0.2, 0) is 6.42 Å². The third-order valence-corrected chi connectivity index (χ3v) is 4.12. The lowest BCUT2D eigenvalue weighted by atomic mass is 10.1. The zero-order valence-corrected chi connectivity index (χ0v) is 14.3. The average molecular weight is 340 g/mol. The molecule has 2 aromatic carbocycles. The monoisotopic (exact) mass is 339 g/mol. The van der Waals surface area contributed by atoms with E-state index >= 15 is 0 Å². The van der Waals surface area contributed by atoms with Crippen LogP contribution < -0.4 is 10.9 Å². The van der Waals surface area contributed by atoms with Gasteiger partial charge in [-0.05, 0) is 43.2 Å². The van der Waals surface area contributed by atoms with Crippen molar-refractivity contribution in [3.05, 3.63) is 86.3 Å². The number of halogens is 1. The van der Waals surface area contributed by atoms with Gasteiger partial charge in [0.2, 0.25) is 5.95 Å². The highest BCUT2D eigenvalue weighted by molar-refractivity contribution is 6.30. The fourth-order valence-corrected chi connectivity index (χ4v) is 2.80. The first-order valence-corrected chi connectivity index (χ1v) is 8.07. The lowest BCUT2D eigenvalue weighted by Crippen LogP contribution is -2.18.